The van der Waals surface area contributed by atoms with Gasteiger partial charge in [-0.1, -0.05) is 0 Å². The molecule has 2 aromatic rings. The standard InChI is InChI=1S/C19H27N3O4/c1-21(2)15(14-8-7-9-22(14)3)12-20-19(23)13-10-16(24-4)18(26-6)17(11-13)25-5/h7-11,15H,12H2,1-6H3,(H,20,23). The van der Waals surface area contributed by atoms with E-state index in [-0.39, 0.29) is 11.9 Å². The van der Waals surface area contributed by atoms with Crippen LogP contribution in [-0.4, -0.2) is 57.3 Å². The Labute approximate surface area is 154 Å². The summed E-state index contributed by atoms with van der Waals surface area (Å²) in [4.78, 5) is 14.7. The lowest BCUT2D eigenvalue weighted by atomic mass is 10.1. The predicted molar refractivity (Wildman–Crippen MR) is 100 cm³/mol. The van der Waals surface area contributed by atoms with Gasteiger partial charge < -0.3 is 24.1 Å². The molecule has 1 amide bonds. The lowest BCUT2D eigenvalue weighted by Crippen LogP contribution is -2.35. The lowest BCUT2D eigenvalue weighted by Gasteiger charge is -2.25. The summed E-state index contributed by atoms with van der Waals surface area (Å²) in [7, 11) is 10.5. The zero-order chi connectivity index (χ0) is 19.3. The van der Waals surface area contributed by atoms with Gasteiger partial charge in [0.1, 0.15) is 0 Å². The molecule has 26 heavy (non-hydrogen) atoms. The number of aromatic nitrogens is 1. The van der Waals surface area contributed by atoms with Crippen molar-refractivity contribution in [2.75, 3.05) is 42.0 Å². The highest BCUT2D eigenvalue weighted by molar-refractivity contribution is 5.95. The van der Waals surface area contributed by atoms with Gasteiger partial charge >= 0.3 is 0 Å². The highest BCUT2D eigenvalue weighted by Crippen LogP contribution is 2.38. The molecule has 0 aliphatic rings. The minimum Gasteiger partial charge on any atom is -0.493 e. The largest absolute Gasteiger partial charge is 0.493 e. The number of hydrogen-bond donors (Lipinski definition) is 1. The zero-order valence-corrected chi connectivity index (χ0v) is 16.2. The zero-order valence-electron chi connectivity index (χ0n) is 16.2. The van der Waals surface area contributed by atoms with Gasteiger partial charge in [0.15, 0.2) is 11.5 Å². The number of nitrogens with zero attached hydrogens (tertiary/aromatic N) is 2. The van der Waals surface area contributed by atoms with E-state index in [4.69, 9.17) is 14.2 Å². The van der Waals surface area contributed by atoms with E-state index in [9.17, 15) is 4.79 Å². The summed E-state index contributed by atoms with van der Waals surface area (Å²) in [6.07, 6.45) is 1.99. The van der Waals surface area contributed by atoms with Crippen molar-refractivity contribution in [1.29, 1.82) is 0 Å². The smallest absolute Gasteiger partial charge is 0.251 e. The molecular weight excluding hydrogens is 334 g/mol. The number of hydrogen-bond acceptors (Lipinski definition) is 5. The molecule has 0 aliphatic carbocycles. The average molecular weight is 361 g/mol. The summed E-state index contributed by atoms with van der Waals surface area (Å²) in [5.74, 6) is 1.15. The maximum atomic E-state index is 12.7. The molecule has 7 heteroatoms. The van der Waals surface area contributed by atoms with Crippen LogP contribution in [0.3, 0.4) is 0 Å². The van der Waals surface area contributed by atoms with Crippen molar-refractivity contribution in [3.05, 3.63) is 41.7 Å². The molecule has 1 aromatic carbocycles. The average Bonchev–Trinajstić information content (AvgIpc) is 3.05. The lowest BCUT2D eigenvalue weighted by molar-refractivity contribution is 0.0940. The van der Waals surface area contributed by atoms with Crippen molar-refractivity contribution in [3.8, 4) is 17.2 Å². The van der Waals surface area contributed by atoms with Crippen molar-refractivity contribution < 1.29 is 19.0 Å². The summed E-state index contributed by atoms with van der Waals surface area (Å²) >= 11 is 0. The van der Waals surface area contributed by atoms with E-state index in [0.29, 0.717) is 29.4 Å². The van der Waals surface area contributed by atoms with Gasteiger partial charge in [-0.3, -0.25) is 9.69 Å². The fourth-order valence-electron chi connectivity index (χ4n) is 2.88. The Balaban J connectivity index is 2.20. The number of aryl methyl sites for hydroxylation is 1. The molecule has 0 aliphatic heterocycles. The molecule has 142 valence electrons. The highest BCUT2D eigenvalue weighted by atomic mass is 16.5. The van der Waals surface area contributed by atoms with Crippen LogP contribution in [0.15, 0.2) is 30.5 Å². The quantitative estimate of drug-likeness (QED) is 0.780. The molecule has 2 rings (SSSR count). The summed E-state index contributed by atoms with van der Waals surface area (Å²) in [6.45, 7) is 0.473. The van der Waals surface area contributed by atoms with Crippen LogP contribution in [0, 0.1) is 0 Å². The van der Waals surface area contributed by atoms with Gasteiger partial charge in [-0.15, -0.1) is 0 Å². The van der Waals surface area contributed by atoms with Crippen molar-refractivity contribution in [2.45, 2.75) is 6.04 Å². The van der Waals surface area contributed by atoms with Gasteiger partial charge in [-0.25, -0.2) is 0 Å². The Kier molecular flexibility index (Phi) is 6.52. The number of amides is 1. The monoisotopic (exact) mass is 361 g/mol. The van der Waals surface area contributed by atoms with E-state index in [1.54, 1.807) is 12.1 Å². The van der Waals surface area contributed by atoms with Gasteiger partial charge in [0.05, 0.1) is 27.4 Å². The molecular formula is C19H27N3O4. The second-order valence-corrected chi connectivity index (χ2v) is 6.15. The highest BCUT2D eigenvalue weighted by Gasteiger charge is 2.20. The fraction of sp³-hybridized carbons (Fsp3) is 0.421. The van der Waals surface area contributed by atoms with E-state index < -0.39 is 0 Å². The van der Waals surface area contributed by atoms with E-state index in [1.165, 1.54) is 21.3 Å². The van der Waals surface area contributed by atoms with Crippen LogP contribution in [-0.2, 0) is 7.05 Å². The number of ether oxygens (including phenoxy) is 3. The van der Waals surface area contributed by atoms with Crippen molar-refractivity contribution in [1.82, 2.24) is 14.8 Å². The number of carbonyl (C=O) groups excluding carboxylic acids is 1. The third-order valence-electron chi connectivity index (χ3n) is 4.33. The number of carbonyl (C=O) groups is 1. The summed E-state index contributed by atoms with van der Waals surface area (Å²) in [6, 6.07) is 7.39. The maximum Gasteiger partial charge on any atom is 0.251 e. The molecule has 1 N–H and O–H groups in total. The van der Waals surface area contributed by atoms with Crippen LogP contribution < -0.4 is 19.5 Å². The number of nitrogens with one attached hydrogen (secondary N) is 1. The molecule has 0 spiro atoms. The van der Waals surface area contributed by atoms with Gasteiger partial charge in [0, 0.05) is 31.0 Å². The number of methoxy groups -OCH3 is 3. The van der Waals surface area contributed by atoms with Crippen molar-refractivity contribution in [2.24, 2.45) is 7.05 Å². The fourth-order valence-corrected chi connectivity index (χ4v) is 2.88. The van der Waals surface area contributed by atoms with Gasteiger partial charge in [0.25, 0.3) is 5.91 Å². The first-order chi connectivity index (χ1) is 12.4. The second kappa shape index (κ2) is 8.62. The van der Waals surface area contributed by atoms with E-state index in [1.807, 2.05) is 33.4 Å². The molecule has 0 saturated heterocycles. The first kappa shape index (κ1) is 19.7. The Morgan fingerprint density at radius 3 is 2.19 bits per heavy atom. The second-order valence-electron chi connectivity index (χ2n) is 6.15. The number of benzene rings is 1. The summed E-state index contributed by atoms with van der Waals surface area (Å²) < 4.78 is 18.0. The van der Waals surface area contributed by atoms with Crippen LogP contribution in [0.5, 0.6) is 17.2 Å². The normalized spacial score (nSPS) is 12.0. The third-order valence-corrected chi connectivity index (χ3v) is 4.33. The minimum absolute atomic E-state index is 0.0565. The molecule has 1 heterocycles. The SMILES string of the molecule is COc1cc(C(=O)NCC(c2cccn2C)N(C)C)cc(OC)c1OC. The van der Waals surface area contributed by atoms with Gasteiger partial charge in [-0.2, -0.15) is 0 Å². The Bertz CT molecular complexity index is 730. The van der Waals surface area contributed by atoms with Crippen LogP contribution in [0.2, 0.25) is 0 Å². The van der Waals surface area contributed by atoms with E-state index in [2.05, 4.69) is 20.9 Å². The Hall–Kier alpha value is -2.67. The molecule has 7 nitrogen and oxygen atoms in total. The first-order valence-corrected chi connectivity index (χ1v) is 8.28. The van der Waals surface area contributed by atoms with Crippen LogP contribution in [0.25, 0.3) is 0 Å². The number of likely N-dealkylation sites (N-methyl/N-ethyl adjacent to an activating group) is 1. The van der Waals surface area contributed by atoms with E-state index >= 15 is 0 Å². The third kappa shape index (κ3) is 4.11. The molecule has 0 saturated carbocycles. The molecule has 1 atom stereocenters. The molecule has 0 bridgehead atoms. The van der Waals surface area contributed by atoms with Crippen LogP contribution in [0.4, 0.5) is 0 Å². The van der Waals surface area contributed by atoms with Crippen LogP contribution in [0.1, 0.15) is 22.1 Å². The van der Waals surface area contributed by atoms with E-state index in [0.717, 1.165) is 5.69 Å². The Morgan fingerprint density at radius 1 is 1.15 bits per heavy atom. The minimum atomic E-state index is -0.203. The summed E-state index contributed by atoms with van der Waals surface area (Å²) in [5, 5.41) is 2.99. The molecule has 0 fully saturated rings. The van der Waals surface area contributed by atoms with Crippen molar-refractivity contribution in [3.63, 3.8) is 0 Å². The van der Waals surface area contributed by atoms with Gasteiger partial charge in [0.2, 0.25) is 5.75 Å². The van der Waals surface area contributed by atoms with Crippen LogP contribution >= 0.6 is 0 Å². The maximum absolute atomic E-state index is 12.7. The molecule has 1 aromatic heterocycles. The number of rotatable bonds is 8. The predicted octanol–water partition coefficient (Wildman–Crippen LogP) is 2.08. The van der Waals surface area contributed by atoms with Gasteiger partial charge in [-0.05, 0) is 38.4 Å². The topological polar surface area (TPSA) is 65.0 Å². The Morgan fingerprint density at radius 2 is 1.77 bits per heavy atom. The summed E-state index contributed by atoms with van der Waals surface area (Å²) in [5.41, 5.74) is 1.57. The molecule has 0 radical (unpaired) electrons. The molecule has 1 unspecified atom stereocenters. The van der Waals surface area contributed by atoms with Crippen molar-refractivity contribution >= 4 is 5.91 Å². The first-order valence-electron chi connectivity index (χ1n) is 8.28.